The van der Waals surface area contributed by atoms with Crippen molar-refractivity contribution in [2.45, 2.75) is 18.7 Å². The van der Waals surface area contributed by atoms with Crippen LogP contribution < -0.4 is 10.0 Å². The van der Waals surface area contributed by atoms with E-state index in [-0.39, 0.29) is 10.7 Å². The van der Waals surface area contributed by atoms with E-state index in [1.165, 1.54) is 6.20 Å². The average molecular weight is 344 g/mol. The van der Waals surface area contributed by atoms with Crippen molar-refractivity contribution in [1.29, 1.82) is 0 Å². The highest BCUT2D eigenvalue weighted by Gasteiger charge is 2.14. The van der Waals surface area contributed by atoms with Gasteiger partial charge >= 0.3 is 0 Å². The third kappa shape index (κ3) is 3.72. The number of pyridine rings is 1. The Hall–Kier alpha value is -2.87. The number of hydrogen-bond acceptors (Lipinski definition) is 6. The smallest absolute Gasteiger partial charge is 0.263 e. The topological polar surface area (TPSA) is 97.1 Å². The van der Waals surface area contributed by atoms with Gasteiger partial charge in [-0.25, -0.2) is 13.4 Å². The minimum atomic E-state index is -3.66. The van der Waals surface area contributed by atoms with Crippen molar-refractivity contribution in [2.75, 3.05) is 10.0 Å². The molecule has 0 atom stereocenters. The molecule has 0 aliphatic heterocycles. The van der Waals surface area contributed by atoms with Crippen LogP contribution in [0.3, 0.4) is 0 Å². The fourth-order valence-corrected chi connectivity index (χ4v) is 3.02. The number of nitrogens with zero attached hydrogens (tertiary/aromatic N) is 2. The van der Waals surface area contributed by atoms with E-state index < -0.39 is 10.0 Å². The normalized spacial score (nSPS) is 11.2. The minimum absolute atomic E-state index is 0.190. The average Bonchev–Trinajstić information content (AvgIpc) is 2.94. The van der Waals surface area contributed by atoms with Crippen LogP contribution in [0.2, 0.25) is 0 Å². The second-order valence-corrected chi connectivity index (χ2v) is 6.98. The third-order valence-electron chi connectivity index (χ3n) is 3.23. The quantitative estimate of drug-likeness (QED) is 0.737. The lowest BCUT2D eigenvalue weighted by molar-refractivity contribution is 0.400. The van der Waals surface area contributed by atoms with E-state index >= 15 is 0 Å². The van der Waals surface area contributed by atoms with Crippen molar-refractivity contribution >= 4 is 27.3 Å². The Labute approximate surface area is 139 Å². The van der Waals surface area contributed by atoms with Gasteiger partial charge in [0.05, 0.1) is 16.8 Å². The zero-order chi connectivity index (χ0) is 17.2. The summed E-state index contributed by atoms with van der Waals surface area (Å²) in [6.45, 7) is 3.69. The van der Waals surface area contributed by atoms with Gasteiger partial charge in [-0.2, -0.15) is 0 Å². The lowest BCUT2D eigenvalue weighted by atomic mass is 10.2. The second kappa shape index (κ2) is 6.32. The zero-order valence-corrected chi connectivity index (χ0v) is 14.0. The van der Waals surface area contributed by atoms with Gasteiger partial charge in [0.2, 0.25) is 0 Å². The van der Waals surface area contributed by atoms with E-state index in [0.29, 0.717) is 17.3 Å². The Bertz CT molecular complexity index is 932. The SMILES string of the molecule is Cc1ccc(S(=O)(=O)Nc2ccc(Nc3cc(C)on3)cn2)cc1. The first-order valence-electron chi connectivity index (χ1n) is 7.18. The molecule has 2 aromatic heterocycles. The number of anilines is 3. The molecule has 0 bridgehead atoms. The molecule has 3 aromatic rings. The Morgan fingerprint density at radius 3 is 2.33 bits per heavy atom. The summed E-state index contributed by atoms with van der Waals surface area (Å²) in [6, 6.07) is 11.6. The molecule has 8 heteroatoms. The number of aryl methyl sites for hydroxylation is 2. The Morgan fingerprint density at radius 1 is 1.00 bits per heavy atom. The Balaban J connectivity index is 1.72. The molecule has 0 unspecified atom stereocenters. The molecule has 0 spiro atoms. The summed E-state index contributed by atoms with van der Waals surface area (Å²) in [6.07, 6.45) is 1.51. The largest absolute Gasteiger partial charge is 0.360 e. The molecular formula is C16H16N4O3S. The lowest BCUT2D eigenvalue weighted by Gasteiger charge is -2.08. The molecule has 0 amide bonds. The van der Waals surface area contributed by atoms with Gasteiger partial charge in [-0.3, -0.25) is 4.72 Å². The van der Waals surface area contributed by atoms with Crippen LogP contribution in [0, 0.1) is 13.8 Å². The molecule has 0 radical (unpaired) electrons. The summed E-state index contributed by atoms with van der Waals surface area (Å²) in [5, 5.41) is 6.82. The predicted octanol–water partition coefficient (Wildman–Crippen LogP) is 3.23. The minimum Gasteiger partial charge on any atom is -0.360 e. The van der Waals surface area contributed by atoms with Gasteiger partial charge in [0.1, 0.15) is 11.6 Å². The Morgan fingerprint density at radius 2 is 1.75 bits per heavy atom. The highest BCUT2D eigenvalue weighted by Crippen LogP contribution is 2.19. The molecule has 2 heterocycles. The second-order valence-electron chi connectivity index (χ2n) is 5.30. The molecular weight excluding hydrogens is 328 g/mol. The van der Waals surface area contributed by atoms with Crippen LogP contribution in [-0.2, 0) is 10.0 Å². The molecule has 1 aromatic carbocycles. The number of benzene rings is 1. The fraction of sp³-hybridized carbons (Fsp3) is 0.125. The van der Waals surface area contributed by atoms with Gasteiger partial charge in [0.25, 0.3) is 10.0 Å². The molecule has 7 nitrogen and oxygen atoms in total. The molecule has 0 saturated carbocycles. The number of aromatic nitrogens is 2. The molecule has 24 heavy (non-hydrogen) atoms. The molecule has 3 rings (SSSR count). The molecule has 0 fully saturated rings. The van der Waals surface area contributed by atoms with E-state index in [0.717, 1.165) is 5.56 Å². The first-order chi connectivity index (χ1) is 11.4. The number of sulfonamides is 1. The van der Waals surface area contributed by atoms with Gasteiger partial charge in [-0.1, -0.05) is 22.9 Å². The molecule has 2 N–H and O–H groups in total. The van der Waals surface area contributed by atoms with Crippen molar-refractivity contribution in [3.8, 4) is 0 Å². The van der Waals surface area contributed by atoms with E-state index in [1.807, 2.05) is 6.92 Å². The molecule has 0 aliphatic rings. The summed E-state index contributed by atoms with van der Waals surface area (Å²) < 4.78 is 32.0. The van der Waals surface area contributed by atoms with Crippen LogP contribution in [0.5, 0.6) is 0 Å². The van der Waals surface area contributed by atoms with Gasteiger partial charge in [0, 0.05) is 6.07 Å². The fourth-order valence-electron chi connectivity index (χ4n) is 2.02. The van der Waals surface area contributed by atoms with Gasteiger partial charge < -0.3 is 9.84 Å². The van der Waals surface area contributed by atoms with Crippen LogP contribution in [0.25, 0.3) is 0 Å². The number of nitrogens with one attached hydrogen (secondary N) is 2. The van der Waals surface area contributed by atoms with Crippen molar-refractivity contribution in [3.63, 3.8) is 0 Å². The summed E-state index contributed by atoms with van der Waals surface area (Å²) in [5.74, 6) is 1.48. The zero-order valence-electron chi connectivity index (χ0n) is 13.1. The maximum absolute atomic E-state index is 12.3. The lowest BCUT2D eigenvalue weighted by Crippen LogP contribution is -2.13. The van der Waals surface area contributed by atoms with Crippen LogP contribution in [0.1, 0.15) is 11.3 Å². The predicted molar refractivity (Wildman–Crippen MR) is 90.7 cm³/mol. The third-order valence-corrected chi connectivity index (χ3v) is 4.60. The van der Waals surface area contributed by atoms with Crippen molar-refractivity contribution < 1.29 is 12.9 Å². The van der Waals surface area contributed by atoms with E-state index in [4.69, 9.17) is 4.52 Å². The van der Waals surface area contributed by atoms with E-state index in [9.17, 15) is 8.42 Å². The highest BCUT2D eigenvalue weighted by atomic mass is 32.2. The monoisotopic (exact) mass is 344 g/mol. The summed E-state index contributed by atoms with van der Waals surface area (Å²) in [5.41, 5.74) is 1.66. The van der Waals surface area contributed by atoms with Crippen molar-refractivity contribution in [3.05, 3.63) is 60.0 Å². The van der Waals surface area contributed by atoms with Crippen molar-refractivity contribution in [2.24, 2.45) is 0 Å². The highest BCUT2D eigenvalue weighted by molar-refractivity contribution is 7.92. The first kappa shape index (κ1) is 16.0. The van der Waals surface area contributed by atoms with Crippen LogP contribution in [0.15, 0.2) is 58.1 Å². The van der Waals surface area contributed by atoms with Gasteiger partial charge in [0.15, 0.2) is 5.82 Å². The first-order valence-corrected chi connectivity index (χ1v) is 8.66. The van der Waals surface area contributed by atoms with Gasteiger partial charge in [-0.05, 0) is 38.1 Å². The summed E-state index contributed by atoms with van der Waals surface area (Å²) >= 11 is 0. The molecule has 124 valence electrons. The maximum Gasteiger partial charge on any atom is 0.263 e. The van der Waals surface area contributed by atoms with E-state index in [1.54, 1.807) is 49.4 Å². The summed E-state index contributed by atoms with van der Waals surface area (Å²) in [7, 11) is -3.66. The van der Waals surface area contributed by atoms with Crippen molar-refractivity contribution in [1.82, 2.24) is 10.1 Å². The van der Waals surface area contributed by atoms with E-state index in [2.05, 4.69) is 20.2 Å². The maximum atomic E-state index is 12.3. The Kier molecular flexibility index (Phi) is 4.22. The van der Waals surface area contributed by atoms with Crippen LogP contribution >= 0.6 is 0 Å². The van der Waals surface area contributed by atoms with Gasteiger partial charge in [-0.15, -0.1) is 0 Å². The molecule has 0 saturated heterocycles. The standard InChI is InChI=1S/C16H16N4O3S/c1-11-3-6-14(7-4-11)24(21,22)20-15-8-5-13(10-17-15)18-16-9-12(2)23-19-16/h3-10H,1-2H3,(H,17,20)(H,18,19). The number of hydrogen-bond donors (Lipinski definition) is 2. The summed E-state index contributed by atoms with van der Waals surface area (Å²) in [4.78, 5) is 4.29. The van der Waals surface area contributed by atoms with Crippen LogP contribution in [-0.4, -0.2) is 18.6 Å². The van der Waals surface area contributed by atoms with Crippen LogP contribution in [0.4, 0.5) is 17.3 Å². The molecule has 0 aliphatic carbocycles. The number of rotatable bonds is 5.